The second kappa shape index (κ2) is 9.17. The zero-order valence-corrected chi connectivity index (χ0v) is 16.3. The second-order valence-electron chi connectivity index (χ2n) is 5.24. The topological polar surface area (TPSA) is 98.2 Å². The van der Waals surface area contributed by atoms with E-state index in [1.807, 2.05) is 30.3 Å². The highest BCUT2D eigenvalue weighted by Gasteiger charge is 2.13. The molecule has 5 N–H and O–H groups in total. The van der Waals surface area contributed by atoms with Crippen molar-refractivity contribution in [3.63, 3.8) is 0 Å². The number of carbonyl (C=O) groups is 2. The van der Waals surface area contributed by atoms with Gasteiger partial charge in [-0.2, -0.15) is 0 Å². The maximum atomic E-state index is 11.8. The van der Waals surface area contributed by atoms with Crippen LogP contribution in [0.25, 0.3) is 10.4 Å². The molecule has 130 valence electrons. The highest BCUT2D eigenvalue weighted by atomic mass is 79.9. The Labute approximate surface area is 159 Å². The quantitative estimate of drug-likeness (QED) is 0.654. The van der Waals surface area contributed by atoms with Crippen LogP contribution in [0.2, 0.25) is 0 Å². The SMILES string of the molecule is CC(CN)C(=O)Nc1ccc(-c2sc(CC(N)=O)cc2Br)cc1.Cl. The van der Waals surface area contributed by atoms with Crippen molar-refractivity contribution in [3.05, 3.63) is 39.7 Å². The average Bonchev–Trinajstić information content (AvgIpc) is 2.86. The molecule has 0 bridgehead atoms. The molecule has 2 aromatic rings. The Morgan fingerprint density at radius 1 is 1.29 bits per heavy atom. The minimum atomic E-state index is -0.350. The molecule has 0 aliphatic heterocycles. The molecule has 5 nitrogen and oxygen atoms in total. The molecule has 0 saturated heterocycles. The van der Waals surface area contributed by atoms with Crippen molar-refractivity contribution in [1.29, 1.82) is 0 Å². The summed E-state index contributed by atoms with van der Waals surface area (Å²) in [4.78, 5) is 24.8. The number of hydrogen-bond donors (Lipinski definition) is 3. The van der Waals surface area contributed by atoms with Gasteiger partial charge in [-0.05, 0) is 39.7 Å². The van der Waals surface area contributed by atoms with E-state index >= 15 is 0 Å². The zero-order valence-electron chi connectivity index (χ0n) is 13.0. The van der Waals surface area contributed by atoms with E-state index in [4.69, 9.17) is 11.5 Å². The molecule has 0 fully saturated rings. The highest BCUT2D eigenvalue weighted by Crippen LogP contribution is 2.37. The minimum Gasteiger partial charge on any atom is -0.369 e. The van der Waals surface area contributed by atoms with Crippen molar-refractivity contribution < 1.29 is 9.59 Å². The van der Waals surface area contributed by atoms with Gasteiger partial charge in [0.25, 0.3) is 0 Å². The van der Waals surface area contributed by atoms with Crippen LogP contribution in [0.5, 0.6) is 0 Å². The highest BCUT2D eigenvalue weighted by molar-refractivity contribution is 9.10. The summed E-state index contributed by atoms with van der Waals surface area (Å²) in [5.74, 6) is -0.670. The van der Waals surface area contributed by atoms with Gasteiger partial charge < -0.3 is 16.8 Å². The molecule has 1 aromatic heterocycles. The molecule has 0 aliphatic rings. The lowest BCUT2D eigenvalue weighted by molar-refractivity contribution is -0.119. The van der Waals surface area contributed by atoms with Gasteiger partial charge in [-0.1, -0.05) is 19.1 Å². The maximum Gasteiger partial charge on any atom is 0.228 e. The first-order chi connectivity index (χ1) is 10.9. The molecule has 1 unspecified atom stereocenters. The van der Waals surface area contributed by atoms with Crippen LogP contribution in [0.4, 0.5) is 5.69 Å². The number of nitrogens with two attached hydrogens (primary N) is 2. The summed E-state index contributed by atoms with van der Waals surface area (Å²) in [6.07, 6.45) is 0.231. The molecule has 0 radical (unpaired) electrons. The number of thiophene rings is 1. The lowest BCUT2D eigenvalue weighted by Gasteiger charge is -2.10. The normalized spacial score (nSPS) is 11.5. The van der Waals surface area contributed by atoms with E-state index in [9.17, 15) is 9.59 Å². The van der Waals surface area contributed by atoms with Crippen LogP contribution in [0.3, 0.4) is 0 Å². The van der Waals surface area contributed by atoms with Crippen LogP contribution in [0.15, 0.2) is 34.8 Å². The fourth-order valence-corrected chi connectivity index (χ4v) is 3.91. The third kappa shape index (κ3) is 5.31. The van der Waals surface area contributed by atoms with Crippen molar-refractivity contribution in [2.45, 2.75) is 13.3 Å². The van der Waals surface area contributed by atoms with E-state index in [2.05, 4.69) is 21.2 Å². The Morgan fingerprint density at radius 2 is 1.92 bits per heavy atom. The first kappa shape index (κ1) is 20.6. The summed E-state index contributed by atoms with van der Waals surface area (Å²) in [7, 11) is 0. The fourth-order valence-electron chi connectivity index (χ4n) is 1.95. The first-order valence-electron chi connectivity index (χ1n) is 7.08. The number of benzene rings is 1. The van der Waals surface area contributed by atoms with Crippen LogP contribution in [0, 0.1) is 5.92 Å². The predicted octanol–water partition coefficient (Wildman–Crippen LogP) is 3.16. The summed E-state index contributed by atoms with van der Waals surface area (Å²) in [6.45, 7) is 2.10. The number of nitrogens with one attached hydrogen (secondary N) is 1. The molecule has 1 aromatic carbocycles. The Bertz CT molecular complexity index is 719. The largest absolute Gasteiger partial charge is 0.369 e. The van der Waals surface area contributed by atoms with Crippen molar-refractivity contribution >= 4 is 57.2 Å². The van der Waals surface area contributed by atoms with Gasteiger partial charge in [0.2, 0.25) is 11.8 Å². The third-order valence-corrected chi connectivity index (χ3v) is 5.37. The number of anilines is 1. The fraction of sp³-hybridized carbons (Fsp3) is 0.250. The number of hydrogen-bond acceptors (Lipinski definition) is 4. The number of carbonyl (C=O) groups excluding carboxylic acids is 2. The Kier molecular flexibility index (Phi) is 7.89. The molecule has 24 heavy (non-hydrogen) atoms. The second-order valence-corrected chi connectivity index (χ2v) is 7.23. The van der Waals surface area contributed by atoms with Gasteiger partial charge in [0.05, 0.1) is 6.42 Å². The van der Waals surface area contributed by atoms with Crippen molar-refractivity contribution in [1.82, 2.24) is 0 Å². The van der Waals surface area contributed by atoms with Gasteiger partial charge in [-0.15, -0.1) is 23.7 Å². The summed E-state index contributed by atoms with van der Waals surface area (Å²) in [6, 6.07) is 9.44. The molecule has 2 amide bonds. The molecule has 2 rings (SSSR count). The first-order valence-corrected chi connectivity index (χ1v) is 8.69. The number of amides is 2. The summed E-state index contributed by atoms with van der Waals surface area (Å²) < 4.78 is 0.923. The number of halogens is 2. The summed E-state index contributed by atoms with van der Waals surface area (Å²) >= 11 is 5.02. The van der Waals surface area contributed by atoms with Crippen LogP contribution in [-0.4, -0.2) is 18.4 Å². The van der Waals surface area contributed by atoms with Gasteiger partial charge in [-0.25, -0.2) is 0 Å². The Hall–Kier alpha value is -1.41. The Morgan fingerprint density at radius 3 is 2.46 bits per heavy atom. The van der Waals surface area contributed by atoms with E-state index in [1.165, 1.54) is 11.3 Å². The lowest BCUT2D eigenvalue weighted by Crippen LogP contribution is -2.26. The molecular weight excluding hydrogens is 414 g/mol. The summed E-state index contributed by atoms with van der Waals surface area (Å²) in [5.41, 5.74) is 12.4. The van der Waals surface area contributed by atoms with E-state index < -0.39 is 0 Å². The molecule has 0 spiro atoms. The van der Waals surface area contributed by atoms with E-state index in [0.29, 0.717) is 6.54 Å². The summed E-state index contributed by atoms with van der Waals surface area (Å²) in [5, 5.41) is 2.83. The third-order valence-electron chi connectivity index (χ3n) is 3.30. The predicted molar refractivity (Wildman–Crippen MR) is 104 cm³/mol. The van der Waals surface area contributed by atoms with Gasteiger partial charge in [-0.3, -0.25) is 9.59 Å². The van der Waals surface area contributed by atoms with Crippen LogP contribution < -0.4 is 16.8 Å². The number of rotatable bonds is 6. The van der Waals surface area contributed by atoms with E-state index in [1.54, 1.807) is 6.92 Å². The van der Waals surface area contributed by atoms with Gasteiger partial charge >= 0.3 is 0 Å². The molecule has 1 heterocycles. The molecule has 0 saturated carbocycles. The Balaban J connectivity index is 0.00000288. The minimum absolute atomic E-state index is 0. The average molecular weight is 433 g/mol. The van der Waals surface area contributed by atoms with Crippen LogP contribution >= 0.6 is 39.7 Å². The maximum absolute atomic E-state index is 11.8. The van der Waals surface area contributed by atoms with Crippen molar-refractivity contribution in [3.8, 4) is 10.4 Å². The van der Waals surface area contributed by atoms with E-state index in [-0.39, 0.29) is 36.6 Å². The molecule has 8 heteroatoms. The smallest absolute Gasteiger partial charge is 0.228 e. The van der Waals surface area contributed by atoms with Crippen molar-refractivity contribution in [2.75, 3.05) is 11.9 Å². The molecule has 0 aliphatic carbocycles. The lowest BCUT2D eigenvalue weighted by atomic mass is 10.1. The zero-order chi connectivity index (χ0) is 17.0. The van der Waals surface area contributed by atoms with Crippen LogP contribution in [0.1, 0.15) is 11.8 Å². The molecular formula is C16H19BrClN3O2S. The van der Waals surface area contributed by atoms with Gasteiger partial charge in [0, 0.05) is 32.4 Å². The number of primary amides is 1. The van der Waals surface area contributed by atoms with Gasteiger partial charge in [0.1, 0.15) is 0 Å². The monoisotopic (exact) mass is 431 g/mol. The van der Waals surface area contributed by atoms with Crippen molar-refractivity contribution in [2.24, 2.45) is 17.4 Å². The molecule has 1 atom stereocenters. The standard InChI is InChI=1S/C16H18BrN3O2S.ClH/c1-9(8-18)16(22)20-11-4-2-10(3-5-11)15-13(17)6-12(23-15)7-14(19)21;/h2-6,9H,7-8,18H2,1H3,(H2,19,21)(H,20,22);1H. The van der Waals surface area contributed by atoms with Crippen LogP contribution in [-0.2, 0) is 16.0 Å². The van der Waals surface area contributed by atoms with Gasteiger partial charge in [0.15, 0.2) is 0 Å². The van der Waals surface area contributed by atoms with E-state index in [0.717, 1.165) is 25.5 Å².